The molecule has 0 saturated heterocycles. The fourth-order valence-electron chi connectivity index (χ4n) is 4.07. The molecule has 2 aromatic heterocycles. The lowest BCUT2D eigenvalue weighted by Crippen LogP contribution is -2.47. The molecular weight excluding hydrogens is 567 g/mol. The number of fused-ring (bicyclic) bond motifs is 1. The van der Waals surface area contributed by atoms with Crippen LogP contribution in [0, 0.1) is 5.92 Å². The van der Waals surface area contributed by atoms with E-state index in [0.717, 1.165) is 12.1 Å². The minimum absolute atomic E-state index is 0.136. The average molecular weight is 598 g/mol. The van der Waals surface area contributed by atoms with Crippen molar-refractivity contribution >= 4 is 34.9 Å². The molecule has 0 aliphatic carbocycles. The number of nitrogens with one attached hydrogen (secondary N) is 3. The number of carbonyl (C=O) groups is 3. The Morgan fingerprint density at radius 3 is 2.21 bits per heavy atom. The van der Waals surface area contributed by atoms with Crippen LogP contribution in [-0.4, -0.2) is 49.4 Å². The van der Waals surface area contributed by atoms with Gasteiger partial charge < -0.3 is 20.7 Å². The summed E-state index contributed by atoms with van der Waals surface area (Å²) in [4.78, 5) is 38.3. The van der Waals surface area contributed by atoms with E-state index in [1.165, 1.54) is 41.0 Å². The number of carbonyl (C=O) groups excluding carboxylic acids is 3. The molecule has 0 radical (unpaired) electrons. The Hall–Kier alpha value is -5.01. The van der Waals surface area contributed by atoms with E-state index in [2.05, 4.69) is 31.2 Å². The fourth-order valence-corrected chi connectivity index (χ4v) is 4.07. The minimum Gasteiger partial charge on any atom is -0.458 e. The second kappa shape index (κ2) is 12.1. The first-order chi connectivity index (χ1) is 20.1. The number of aromatic nitrogens is 4. The summed E-state index contributed by atoms with van der Waals surface area (Å²) in [6.45, 7) is 8.79. The van der Waals surface area contributed by atoms with Crippen LogP contribution in [0.15, 0.2) is 60.8 Å². The first-order valence-corrected chi connectivity index (χ1v) is 13.2. The van der Waals surface area contributed by atoms with E-state index in [9.17, 15) is 27.6 Å². The third kappa shape index (κ3) is 7.45. The Labute approximate surface area is 244 Å². The zero-order valence-electron chi connectivity index (χ0n) is 24.0. The molecule has 0 aliphatic rings. The van der Waals surface area contributed by atoms with Gasteiger partial charge in [-0.3, -0.25) is 4.79 Å². The van der Waals surface area contributed by atoms with Crippen LogP contribution in [0.25, 0.3) is 17.0 Å². The van der Waals surface area contributed by atoms with Crippen LogP contribution in [0.4, 0.5) is 29.3 Å². The molecule has 226 valence electrons. The number of esters is 1. The van der Waals surface area contributed by atoms with Crippen LogP contribution in [-0.2, 0) is 15.7 Å². The molecule has 4 aromatic rings. The molecular formula is C29H30F3N7O4. The summed E-state index contributed by atoms with van der Waals surface area (Å²) < 4.78 is 46.5. The predicted molar refractivity (Wildman–Crippen MR) is 152 cm³/mol. The largest absolute Gasteiger partial charge is 0.458 e. The number of urea groups is 1. The second-order valence-corrected chi connectivity index (χ2v) is 10.9. The quantitative estimate of drug-likeness (QED) is 0.237. The van der Waals surface area contributed by atoms with Crippen molar-refractivity contribution in [2.75, 3.05) is 10.6 Å². The number of ether oxygens (including phenoxy) is 1. The third-order valence-electron chi connectivity index (χ3n) is 6.05. The van der Waals surface area contributed by atoms with E-state index in [4.69, 9.17) is 4.74 Å². The van der Waals surface area contributed by atoms with E-state index < -0.39 is 41.3 Å². The second-order valence-electron chi connectivity index (χ2n) is 10.9. The fraction of sp³-hybridized carbons (Fsp3) is 0.310. The van der Waals surface area contributed by atoms with Gasteiger partial charge >= 0.3 is 18.2 Å². The van der Waals surface area contributed by atoms with Crippen molar-refractivity contribution in [2.45, 2.75) is 52.4 Å². The monoisotopic (exact) mass is 597 g/mol. The number of amides is 3. The summed E-state index contributed by atoms with van der Waals surface area (Å²) in [7, 11) is 0. The molecule has 14 heteroatoms. The van der Waals surface area contributed by atoms with E-state index in [1.54, 1.807) is 46.8 Å². The number of rotatable bonds is 7. The molecule has 3 amide bonds. The number of nitrogens with zero attached hydrogens (tertiary/aromatic N) is 4. The van der Waals surface area contributed by atoms with Gasteiger partial charge in [-0.1, -0.05) is 26.0 Å². The molecule has 0 spiro atoms. The van der Waals surface area contributed by atoms with E-state index in [-0.39, 0.29) is 28.6 Å². The first kappa shape index (κ1) is 30.9. The van der Waals surface area contributed by atoms with Crippen molar-refractivity contribution < 1.29 is 32.3 Å². The van der Waals surface area contributed by atoms with Crippen molar-refractivity contribution in [3.05, 3.63) is 71.9 Å². The van der Waals surface area contributed by atoms with Gasteiger partial charge in [-0.25, -0.2) is 9.59 Å². The predicted octanol–water partition coefficient (Wildman–Crippen LogP) is 5.55. The Balaban J connectivity index is 1.50. The maximum atomic E-state index is 13.2. The van der Waals surface area contributed by atoms with Crippen molar-refractivity contribution in [3.8, 4) is 11.4 Å². The highest BCUT2D eigenvalue weighted by molar-refractivity contribution is 6.02. The molecule has 2 aromatic carbocycles. The van der Waals surface area contributed by atoms with Gasteiger partial charge in [0.25, 0.3) is 5.91 Å². The molecule has 2 heterocycles. The highest BCUT2D eigenvalue weighted by atomic mass is 19.4. The molecule has 43 heavy (non-hydrogen) atoms. The number of para-hydroxylation sites is 1. The van der Waals surface area contributed by atoms with Crippen LogP contribution < -0.4 is 16.0 Å². The van der Waals surface area contributed by atoms with E-state index in [0.29, 0.717) is 11.3 Å². The van der Waals surface area contributed by atoms with Gasteiger partial charge in [-0.05, 0) is 69.2 Å². The summed E-state index contributed by atoms with van der Waals surface area (Å²) in [5.74, 6) is -1.09. The van der Waals surface area contributed by atoms with Gasteiger partial charge in [-0.15, -0.1) is 10.2 Å². The molecule has 0 aliphatic heterocycles. The number of halogens is 3. The summed E-state index contributed by atoms with van der Waals surface area (Å²) in [6.07, 6.45) is -3.24. The first-order valence-electron chi connectivity index (χ1n) is 13.2. The topological polar surface area (TPSA) is 140 Å². The SMILES string of the molecule is CC(C)[C@H](NC(=O)c1ccnn2c(-c3ccc(NC(=O)Nc4ccccc4C(F)(F)F)cc3)nnc12)C(=O)OC(C)(C)C. The van der Waals surface area contributed by atoms with E-state index >= 15 is 0 Å². The third-order valence-corrected chi connectivity index (χ3v) is 6.05. The van der Waals surface area contributed by atoms with Crippen molar-refractivity contribution in [1.82, 2.24) is 25.1 Å². The highest BCUT2D eigenvalue weighted by Gasteiger charge is 2.34. The Morgan fingerprint density at radius 1 is 0.907 bits per heavy atom. The summed E-state index contributed by atoms with van der Waals surface area (Å²) in [5.41, 5.74) is -0.966. The Bertz CT molecular complexity index is 1640. The van der Waals surface area contributed by atoms with Crippen molar-refractivity contribution in [1.29, 1.82) is 0 Å². The number of benzene rings is 2. The number of hydrogen-bond acceptors (Lipinski definition) is 7. The van der Waals surface area contributed by atoms with Gasteiger partial charge in [0.05, 0.1) is 16.8 Å². The average Bonchev–Trinajstić information content (AvgIpc) is 3.35. The van der Waals surface area contributed by atoms with Gasteiger partial charge in [0.15, 0.2) is 11.5 Å². The zero-order valence-corrected chi connectivity index (χ0v) is 24.0. The van der Waals surface area contributed by atoms with Gasteiger partial charge in [-0.2, -0.15) is 22.8 Å². The maximum Gasteiger partial charge on any atom is 0.418 e. The standard InChI is InChI=1S/C29H30F3N7O4/c1-16(2)22(26(41)43-28(3,4)5)36-25(40)19-14-15-33-39-23(37-38-24(19)39)17-10-12-18(13-11-17)34-27(42)35-21-9-7-6-8-20(21)29(30,31)32/h6-16,22H,1-5H3,(H,36,40)(H2,34,35,42)/t22-/m0/s1. The molecule has 1 atom stereocenters. The lowest BCUT2D eigenvalue weighted by atomic mass is 10.0. The molecule has 4 rings (SSSR count). The molecule has 3 N–H and O–H groups in total. The Kier molecular flexibility index (Phi) is 8.69. The lowest BCUT2D eigenvalue weighted by molar-refractivity contribution is -0.158. The van der Waals surface area contributed by atoms with Crippen molar-refractivity contribution in [3.63, 3.8) is 0 Å². The summed E-state index contributed by atoms with van der Waals surface area (Å²) in [6, 6.07) is 10.6. The lowest BCUT2D eigenvalue weighted by Gasteiger charge is -2.26. The molecule has 0 bridgehead atoms. The van der Waals surface area contributed by atoms with Crippen molar-refractivity contribution in [2.24, 2.45) is 5.92 Å². The number of hydrogen-bond donors (Lipinski definition) is 3. The van der Waals surface area contributed by atoms with E-state index in [1.807, 2.05) is 0 Å². The van der Waals surface area contributed by atoms with Gasteiger partial charge in [0.1, 0.15) is 11.6 Å². The maximum absolute atomic E-state index is 13.2. The molecule has 0 fully saturated rings. The highest BCUT2D eigenvalue weighted by Crippen LogP contribution is 2.34. The van der Waals surface area contributed by atoms with Gasteiger partial charge in [0.2, 0.25) is 0 Å². The summed E-state index contributed by atoms with van der Waals surface area (Å²) >= 11 is 0. The summed E-state index contributed by atoms with van der Waals surface area (Å²) in [5, 5.41) is 20.0. The van der Waals surface area contributed by atoms with Crippen LogP contribution >= 0.6 is 0 Å². The van der Waals surface area contributed by atoms with Gasteiger partial charge in [0, 0.05) is 17.4 Å². The molecule has 0 saturated carbocycles. The minimum atomic E-state index is -4.63. The van der Waals surface area contributed by atoms with Crippen LogP contribution in [0.2, 0.25) is 0 Å². The molecule has 11 nitrogen and oxygen atoms in total. The normalized spacial score (nSPS) is 12.6. The number of anilines is 2. The number of alkyl halides is 3. The van der Waals surface area contributed by atoms with Crippen LogP contribution in [0.3, 0.4) is 0 Å². The zero-order chi connectivity index (χ0) is 31.5. The molecule has 0 unspecified atom stereocenters. The van der Waals surface area contributed by atoms with Crippen LogP contribution in [0.1, 0.15) is 50.5 Å². The smallest absolute Gasteiger partial charge is 0.418 e. The van der Waals surface area contributed by atoms with Crippen LogP contribution in [0.5, 0.6) is 0 Å². The Morgan fingerprint density at radius 2 is 1.58 bits per heavy atom.